The van der Waals surface area contributed by atoms with Crippen LogP contribution in [0.5, 0.6) is 5.75 Å². The smallest absolute Gasteiger partial charge is 0.418 e. The number of ether oxygens (including phenoxy) is 1. The summed E-state index contributed by atoms with van der Waals surface area (Å²) < 4.78 is 51.5. The first-order chi connectivity index (χ1) is 18.7. The van der Waals surface area contributed by atoms with Crippen molar-refractivity contribution < 1.29 is 27.2 Å². The third-order valence-electron chi connectivity index (χ3n) is 5.72. The average Bonchev–Trinajstić information content (AvgIpc) is 3.52. The minimum Gasteiger partial charge on any atom is -0.492 e. The molecule has 0 aliphatic carbocycles. The van der Waals surface area contributed by atoms with Gasteiger partial charge < -0.3 is 19.9 Å². The summed E-state index contributed by atoms with van der Waals surface area (Å²) in [7, 11) is 0. The Hall–Kier alpha value is -4.26. The van der Waals surface area contributed by atoms with Crippen molar-refractivity contribution in [3.05, 3.63) is 54.0 Å². The van der Waals surface area contributed by atoms with Gasteiger partial charge in [-0.1, -0.05) is 35.5 Å². The van der Waals surface area contributed by atoms with Crippen molar-refractivity contribution in [2.45, 2.75) is 32.9 Å². The number of anilines is 2. The fraction of sp³-hybridized carbons (Fsp3) is 0.269. The predicted molar refractivity (Wildman–Crippen MR) is 142 cm³/mol. The number of carbonyl (C=O) groups is 1. The highest BCUT2D eigenvalue weighted by atomic mass is 32.1. The lowest BCUT2D eigenvalue weighted by Gasteiger charge is -2.10. The molecule has 202 valence electrons. The third-order valence-corrected chi connectivity index (χ3v) is 6.70. The molecule has 0 saturated heterocycles. The van der Waals surface area contributed by atoms with E-state index in [0.717, 1.165) is 33.7 Å². The standard InChI is InChI=1S/C26H23F3N6O3S/c1-3-12-37-19-7-6-18(26(27,28)29)21-22(19)39-25(34-21)33-20(36)9-11-31-24-17-13-16(23-32-14(2)38-35-23)5-4-15(17)8-10-30-24/h4-8,10,13H,3,9,11-12H2,1-2H3,(H,30,31)(H,33,34,36). The van der Waals surface area contributed by atoms with Crippen molar-refractivity contribution in [1.82, 2.24) is 20.1 Å². The van der Waals surface area contributed by atoms with Gasteiger partial charge in [-0.3, -0.25) is 4.79 Å². The minimum atomic E-state index is -4.59. The number of fused-ring (bicyclic) bond motifs is 2. The molecule has 1 amide bonds. The number of carbonyl (C=O) groups excluding carboxylic acids is 1. The van der Waals surface area contributed by atoms with E-state index in [0.29, 0.717) is 36.3 Å². The first-order valence-electron chi connectivity index (χ1n) is 12.1. The highest BCUT2D eigenvalue weighted by molar-refractivity contribution is 7.22. The number of aryl methyl sites for hydroxylation is 1. The number of benzene rings is 2. The number of rotatable bonds is 9. The lowest BCUT2D eigenvalue weighted by molar-refractivity contribution is -0.136. The molecule has 2 N–H and O–H groups in total. The number of hydrogen-bond donors (Lipinski definition) is 2. The SMILES string of the molecule is CCCOc1ccc(C(F)(F)F)c2nc(NC(=O)CCNc3nccc4ccc(-c5noc(C)n5)cc34)sc12. The lowest BCUT2D eigenvalue weighted by Crippen LogP contribution is -2.16. The molecule has 0 bridgehead atoms. The van der Waals surface area contributed by atoms with Crippen LogP contribution < -0.4 is 15.4 Å². The molecule has 0 radical (unpaired) electrons. The third kappa shape index (κ3) is 5.77. The summed E-state index contributed by atoms with van der Waals surface area (Å²) >= 11 is 0.946. The van der Waals surface area contributed by atoms with Crippen molar-refractivity contribution in [1.29, 1.82) is 0 Å². The zero-order valence-corrected chi connectivity index (χ0v) is 21.7. The van der Waals surface area contributed by atoms with Crippen LogP contribution in [0.2, 0.25) is 0 Å². The Morgan fingerprint density at radius 3 is 2.74 bits per heavy atom. The van der Waals surface area contributed by atoms with Crippen LogP contribution in [0, 0.1) is 6.92 Å². The number of hydrogen-bond acceptors (Lipinski definition) is 9. The van der Waals surface area contributed by atoms with Crippen LogP contribution in [0.15, 0.2) is 47.1 Å². The largest absolute Gasteiger partial charge is 0.492 e. The molecule has 3 aromatic heterocycles. The molecule has 0 unspecified atom stereocenters. The van der Waals surface area contributed by atoms with Crippen LogP contribution in [-0.2, 0) is 11.0 Å². The first-order valence-corrected chi connectivity index (χ1v) is 12.9. The van der Waals surface area contributed by atoms with Crippen molar-refractivity contribution in [3.8, 4) is 17.1 Å². The second kappa shape index (κ2) is 10.8. The van der Waals surface area contributed by atoms with Crippen molar-refractivity contribution in [3.63, 3.8) is 0 Å². The van der Waals surface area contributed by atoms with Gasteiger partial charge in [0.15, 0.2) is 5.13 Å². The van der Waals surface area contributed by atoms with Gasteiger partial charge in [0.2, 0.25) is 17.6 Å². The minimum absolute atomic E-state index is 0.0308. The van der Waals surface area contributed by atoms with Gasteiger partial charge in [-0.2, -0.15) is 18.2 Å². The van der Waals surface area contributed by atoms with Gasteiger partial charge in [-0.25, -0.2) is 9.97 Å². The van der Waals surface area contributed by atoms with Crippen LogP contribution in [0.4, 0.5) is 24.1 Å². The van der Waals surface area contributed by atoms with Gasteiger partial charge in [0.25, 0.3) is 0 Å². The maximum absolute atomic E-state index is 13.5. The summed E-state index contributed by atoms with van der Waals surface area (Å²) in [5.41, 5.74) is -0.372. The summed E-state index contributed by atoms with van der Waals surface area (Å²) in [6, 6.07) is 9.77. The van der Waals surface area contributed by atoms with E-state index in [1.807, 2.05) is 31.2 Å². The second-order valence-electron chi connectivity index (χ2n) is 8.61. The maximum Gasteiger partial charge on any atom is 0.418 e. The van der Waals surface area contributed by atoms with Gasteiger partial charge in [-0.05, 0) is 36.1 Å². The molecule has 13 heteroatoms. The Balaban J connectivity index is 1.29. The molecule has 5 aromatic rings. The molecule has 39 heavy (non-hydrogen) atoms. The summed E-state index contributed by atoms with van der Waals surface area (Å²) in [5.74, 6) is 1.37. The van der Waals surface area contributed by atoms with Crippen LogP contribution >= 0.6 is 11.3 Å². The fourth-order valence-electron chi connectivity index (χ4n) is 3.93. The van der Waals surface area contributed by atoms with Crippen molar-refractivity contribution in [2.24, 2.45) is 0 Å². The molecular weight excluding hydrogens is 533 g/mol. The molecule has 9 nitrogen and oxygen atoms in total. The molecule has 0 aliphatic rings. The number of aromatic nitrogens is 4. The fourth-order valence-corrected chi connectivity index (χ4v) is 4.91. The molecule has 0 saturated carbocycles. The highest BCUT2D eigenvalue weighted by Crippen LogP contribution is 2.42. The molecule has 0 spiro atoms. The number of nitrogens with zero attached hydrogens (tertiary/aromatic N) is 4. The van der Waals surface area contributed by atoms with Crippen LogP contribution in [0.25, 0.3) is 32.4 Å². The van der Waals surface area contributed by atoms with E-state index in [4.69, 9.17) is 9.26 Å². The first kappa shape index (κ1) is 26.4. The number of alkyl halides is 3. The average molecular weight is 557 g/mol. The monoisotopic (exact) mass is 556 g/mol. The zero-order valence-electron chi connectivity index (χ0n) is 20.9. The van der Waals surface area contributed by atoms with Gasteiger partial charge in [0.05, 0.1) is 22.4 Å². The number of thiazole rings is 1. The maximum atomic E-state index is 13.5. The summed E-state index contributed by atoms with van der Waals surface area (Å²) in [4.78, 5) is 25.3. The number of amides is 1. The number of halogens is 3. The number of pyridine rings is 1. The molecule has 0 aliphatic heterocycles. The van der Waals surface area contributed by atoms with E-state index in [1.54, 1.807) is 13.1 Å². The van der Waals surface area contributed by atoms with E-state index in [-0.39, 0.29) is 28.3 Å². The molecule has 5 rings (SSSR count). The van der Waals surface area contributed by atoms with Crippen molar-refractivity contribution in [2.75, 3.05) is 23.8 Å². The molecule has 0 fully saturated rings. The summed E-state index contributed by atoms with van der Waals surface area (Å²) in [6.45, 7) is 4.19. The highest BCUT2D eigenvalue weighted by Gasteiger charge is 2.35. The number of nitrogens with one attached hydrogen (secondary N) is 2. The van der Waals surface area contributed by atoms with E-state index < -0.39 is 17.6 Å². The van der Waals surface area contributed by atoms with Crippen molar-refractivity contribution >= 4 is 49.2 Å². The van der Waals surface area contributed by atoms with Crippen LogP contribution in [0.1, 0.15) is 31.2 Å². The second-order valence-corrected chi connectivity index (χ2v) is 9.61. The zero-order chi connectivity index (χ0) is 27.6. The Morgan fingerprint density at radius 1 is 1.15 bits per heavy atom. The molecular formula is C26H23F3N6O3S. The molecule has 0 atom stereocenters. The summed E-state index contributed by atoms with van der Waals surface area (Å²) in [6.07, 6.45) is -2.21. The Kier molecular flexibility index (Phi) is 7.33. The Morgan fingerprint density at radius 2 is 2.00 bits per heavy atom. The molecule has 3 heterocycles. The van der Waals surface area contributed by atoms with E-state index in [2.05, 4.69) is 30.7 Å². The van der Waals surface area contributed by atoms with E-state index in [1.165, 1.54) is 6.07 Å². The Labute approximate surface area is 224 Å². The lowest BCUT2D eigenvalue weighted by atomic mass is 10.1. The topological polar surface area (TPSA) is 115 Å². The van der Waals surface area contributed by atoms with Gasteiger partial charge in [-0.15, -0.1) is 0 Å². The predicted octanol–water partition coefficient (Wildman–Crippen LogP) is 6.45. The van der Waals surface area contributed by atoms with Gasteiger partial charge >= 0.3 is 6.18 Å². The van der Waals surface area contributed by atoms with Gasteiger partial charge in [0, 0.05) is 37.0 Å². The quantitative estimate of drug-likeness (QED) is 0.213. The normalized spacial score (nSPS) is 11.7. The van der Waals surface area contributed by atoms with Gasteiger partial charge in [0.1, 0.15) is 11.6 Å². The van der Waals surface area contributed by atoms with Crippen LogP contribution in [-0.4, -0.2) is 39.2 Å². The summed E-state index contributed by atoms with van der Waals surface area (Å²) in [5, 5.41) is 11.5. The van der Waals surface area contributed by atoms with Crippen LogP contribution in [0.3, 0.4) is 0 Å². The van der Waals surface area contributed by atoms with E-state index in [9.17, 15) is 18.0 Å². The Bertz CT molecular complexity index is 1650. The molecule has 2 aromatic carbocycles. The van der Waals surface area contributed by atoms with E-state index >= 15 is 0 Å².